The second-order valence-corrected chi connectivity index (χ2v) is 4.47. The molecule has 1 aromatic rings. The molecule has 2 rings (SSSR count). The van der Waals surface area contributed by atoms with E-state index >= 15 is 0 Å². The Kier molecular flexibility index (Phi) is 3.74. The molecule has 17 heavy (non-hydrogen) atoms. The summed E-state index contributed by atoms with van der Waals surface area (Å²) in [5.74, 6) is 2.82. The van der Waals surface area contributed by atoms with E-state index in [1.165, 1.54) is 0 Å². The first-order valence-electron chi connectivity index (χ1n) is 5.91. The van der Waals surface area contributed by atoms with Crippen LogP contribution in [0, 0.1) is 5.92 Å². The van der Waals surface area contributed by atoms with Crippen LogP contribution >= 0.6 is 0 Å². The van der Waals surface area contributed by atoms with Crippen molar-refractivity contribution in [2.24, 2.45) is 5.92 Å². The largest absolute Gasteiger partial charge is 0.489 e. The summed E-state index contributed by atoms with van der Waals surface area (Å²) in [6, 6.07) is 5.68. The molecule has 0 amide bonds. The molecule has 1 aliphatic rings. The molecule has 0 saturated heterocycles. The van der Waals surface area contributed by atoms with Crippen molar-refractivity contribution in [1.82, 2.24) is 5.32 Å². The van der Waals surface area contributed by atoms with E-state index in [0.717, 1.165) is 23.8 Å². The minimum atomic E-state index is 0.153. The minimum Gasteiger partial charge on any atom is -0.489 e. The molecule has 0 radical (unpaired) electrons. The lowest BCUT2D eigenvalue weighted by atomic mass is 10.1. The van der Waals surface area contributed by atoms with Gasteiger partial charge in [0.05, 0.1) is 0 Å². The second kappa shape index (κ2) is 5.27. The molecule has 1 heterocycles. The van der Waals surface area contributed by atoms with Crippen LogP contribution in [0.2, 0.25) is 0 Å². The highest BCUT2D eigenvalue weighted by atomic mass is 16.7. The van der Waals surface area contributed by atoms with Crippen LogP contribution in [-0.4, -0.2) is 26.5 Å². The Hall–Kier alpha value is -1.42. The molecule has 4 nitrogen and oxygen atoms in total. The lowest BCUT2D eigenvalue weighted by molar-refractivity contribution is 0.150. The van der Waals surface area contributed by atoms with Crippen molar-refractivity contribution >= 4 is 0 Å². The molecular formula is C13H19NO3. The normalized spacial score (nSPS) is 15.1. The third-order valence-corrected chi connectivity index (χ3v) is 2.78. The van der Waals surface area contributed by atoms with E-state index in [4.69, 9.17) is 14.2 Å². The smallest absolute Gasteiger partial charge is 0.231 e. The van der Waals surface area contributed by atoms with E-state index < -0.39 is 0 Å². The molecule has 0 fully saturated rings. The highest BCUT2D eigenvalue weighted by molar-refractivity contribution is 5.46. The van der Waals surface area contributed by atoms with Crippen LogP contribution in [0.15, 0.2) is 18.2 Å². The molecule has 0 aliphatic carbocycles. The standard InChI is InChI=1S/C13H19NO3/c1-9(2)13(7-14-3)17-10-4-5-11-12(6-10)16-8-15-11/h4-6,9,13-14H,7-8H2,1-3H3. The maximum Gasteiger partial charge on any atom is 0.231 e. The number of ether oxygens (including phenoxy) is 3. The summed E-state index contributed by atoms with van der Waals surface area (Å²) in [5, 5.41) is 3.14. The summed E-state index contributed by atoms with van der Waals surface area (Å²) in [6.07, 6.45) is 0.153. The van der Waals surface area contributed by atoms with E-state index in [1.54, 1.807) is 0 Å². The van der Waals surface area contributed by atoms with Crippen molar-refractivity contribution in [3.05, 3.63) is 18.2 Å². The first-order valence-corrected chi connectivity index (χ1v) is 5.91. The fraction of sp³-hybridized carbons (Fsp3) is 0.538. The van der Waals surface area contributed by atoms with E-state index in [9.17, 15) is 0 Å². The van der Waals surface area contributed by atoms with Crippen LogP contribution in [0.1, 0.15) is 13.8 Å². The van der Waals surface area contributed by atoms with Crippen molar-refractivity contribution in [3.8, 4) is 17.2 Å². The van der Waals surface area contributed by atoms with Gasteiger partial charge >= 0.3 is 0 Å². The fourth-order valence-electron chi connectivity index (χ4n) is 1.74. The Labute approximate surface area is 102 Å². The summed E-state index contributed by atoms with van der Waals surface area (Å²) < 4.78 is 16.5. The van der Waals surface area contributed by atoms with Gasteiger partial charge in [0, 0.05) is 12.6 Å². The molecule has 0 aromatic heterocycles. The molecular weight excluding hydrogens is 218 g/mol. The fourth-order valence-corrected chi connectivity index (χ4v) is 1.74. The monoisotopic (exact) mass is 237 g/mol. The highest BCUT2D eigenvalue weighted by Crippen LogP contribution is 2.35. The topological polar surface area (TPSA) is 39.7 Å². The summed E-state index contributed by atoms with van der Waals surface area (Å²) in [4.78, 5) is 0. The van der Waals surface area contributed by atoms with Crippen molar-refractivity contribution < 1.29 is 14.2 Å². The van der Waals surface area contributed by atoms with Gasteiger partial charge < -0.3 is 19.5 Å². The number of fused-ring (bicyclic) bond motifs is 1. The predicted octanol–water partition coefficient (Wildman–Crippen LogP) is 2.04. The molecule has 0 saturated carbocycles. The van der Waals surface area contributed by atoms with Gasteiger partial charge in [0.2, 0.25) is 6.79 Å². The zero-order valence-electron chi connectivity index (χ0n) is 10.5. The van der Waals surface area contributed by atoms with Crippen molar-refractivity contribution in [1.29, 1.82) is 0 Å². The maximum absolute atomic E-state index is 5.94. The van der Waals surface area contributed by atoms with Crippen LogP contribution < -0.4 is 19.5 Å². The predicted molar refractivity (Wildman–Crippen MR) is 65.7 cm³/mol. The molecule has 1 N–H and O–H groups in total. The molecule has 1 atom stereocenters. The Bertz CT molecular complexity index is 379. The molecule has 1 aliphatic heterocycles. The minimum absolute atomic E-state index is 0.153. The van der Waals surface area contributed by atoms with Crippen molar-refractivity contribution in [2.75, 3.05) is 20.4 Å². The number of hydrogen-bond donors (Lipinski definition) is 1. The molecule has 4 heteroatoms. The van der Waals surface area contributed by atoms with Gasteiger partial charge in [-0.3, -0.25) is 0 Å². The maximum atomic E-state index is 5.94. The summed E-state index contributed by atoms with van der Waals surface area (Å²) >= 11 is 0. The molecule has 0 spiro atoms. The molecule has 1 aromatic carbocycles. The quantitative estimate of drug-likeness (QED) is 0.850. The van der Waals surface area contributed by atoms with Crippen molar-refractivity contribution in [3.63, 3.8) is 0 Å². The van der Waals surface area contributed by atoms with Gasteiger partial charge in [-0.25, -0.2) is 0 Å². The Balaban J connectivity index is 2.07. The van der Waals surface area contributed by atoms with E-state index in [1.807, 2.05) is 25.2 Å². The van der Waals surface area contributed by atoms with Gasteiger partial charge in [-0.05, 0) is 25.1 Å². The first-order chi connectivity index (χ1) is 8.20. The van der Waals surface area contributed by atoms with Crippen LogP contribution in [0.4, 0.5) is 0 Å². The SMILES string of the molecule is CNCC(Oc1ccc2c(c1)OCO2)C(C)C. The Morgan fingerprint density at radius 3 is 2.76 bits per heavy atom. The van der Waals surface area contributed by atoms with E-state index in [0.29, 0.717) is 12.7 Å². The number of rotatable bonds is 5. The van der Waals surface area contributed by atoms with Gasteiger partial charge in [0.25, 0.3) is 0 Å². The first kappa shape index (κ1) is 12.0. The van der Waals surface area contributed by atoms with E-state index in [-0.39, 0.29) is 6.10 Å². The average molecular weight is 237 g/mol. The third-order valence-electron chi connectivity index (χ3n) is 2.78. The van der Waals surface area contributed by atoms with Gasteiger partial charge in [-0.1, -0.05) is 13.8 Å². The average Bonchev–Trinajstić information content (AvgIpc) is 2.75. The van der Waals surface area contributed by atoms with Crippen LogP contribution in [0.25, 0.3) is 0 Å². The summed E-state index contributed by atoms with van der Waals surface area (Å²) in [6.45, 7) is 5.42. The number of benzene rings is 1. The van der Waals surface area contributed by atoms with Crippen LogP contribution in [0.5, 0.6) is 17.2 Å². The van der Waals surface area contributed by atoms with E-state index in [2.05, 4.69) is 19.2 Å². The van der Waals surface area contributed by atoms with Gasteiger partial charge in [0.15, 0.2) is 11.5 Å². The van der Waals surface area contributed by atoms with Crippen molar-refractivity contribution in [2.45, 2.75) is 20.0 Å². The summed E-state index contributed by atoms with van der Waals surface area (Å²) in [5.41, 5.74) is 0. The Morgan fingerprint density at radius 2 is 2.06 bits per heavy atom. The van der Waals surface area contributed by atoms with Gasteiger partial charge in [-0.2, -0.15) is 0 Å². The number of nitrogens with one attached hydrogen (secondary N) is 1. The summed E-state index contributed by atoms with van der Waals surface area (Å²) in [7, 11) is 1.93. The lowest BCUT2D eigenvalue weighted by Crippen LogP contribution is -2.33. The zero-order valence-corrected chi connectivity index (χ0v) is 10.5. The van der Waals surface area contributed by atoms with Crippen LogP contribution in [0.3, 0.4) is 0 Å². The third kappa shape index (κ3) is 2.82. The number of hydrogen-bond acceptors (Lipinski definition) is 4. The Morgan fingerprint density at radius 1 is 1.29 bits per heavy atom. The molecule has 1 unspecified atom stereocenters. The number of likely N-dealkylation sites (N-methyl/N-ethyl adjacent to an activating group) is 1. The molecule has 0 bridgehead atoms. The van der Waals surface area contributed by atoms with Crippen LogP contribution in [-0.2, 0) is 0 Å². The van der Waals surface area contributed by atoms with Gasteiger partial charge in [-0.15, -0.1) is 0 Å². The van der Waals surface area contributed by atoms with Gasteiger partial charge in [0.1, 0.15) is 11.9 Å². The lowest BCUT2D eigenvalue weighted by Gasteiger charge is -2.22. The zero-order chi connectivity index (χ0) is 12.3. The second-order valence-electron chi connectivity index (χ2n) is 4.47. The molecule has 94 valence electrons. The highest BCUT2D eigenvalue weighted by Gasteiger charge is 2.17.